The highest BCUT2D eigenvalue weighted by atomic mass is 16.6. The Balaban J connectivity index is 1.63. The van der Waals surface area contributed by atoms with Crippen LogP contribution in [-0.2, 0) is 23.7 Å². The number of methoxy groups -OCH3 is 1. The molecule has 2 amide bonds. The Bertz CT molecular complexity index is 732. The minimum Gasteiger partial charge on any atom is -0.443 e. The third-order valence-corrected chi connectivity index (χ3v) is 7.30. The number of hydrogen-bond acceptors (Lipinski definition) is 6. The van der Waals surface area contributed by atoms with Crippen molar-refractivity contribution in [1.82, 2.24) is 9.80 Å². The van der Waals surface area contributed by atoms with Crippen LogP contribution in [0.5, 0.6) is 0 Å². The molecule has 8 heteroatoms. The number of epoxide rings is 2. The van der Waals surface area contributed by atoms with Crippen LogP contribution in [-0.4, -0.2) is 92.2 Å². The molecule has 6 unspecified atom stereocenters. The standard InChI is InChI=1S/C24H40N2O6/c1-8-19(27)25(5)13-14-26(6)22(28)31-17-11-12-24(15-30-24)21(20(17)29-7)23(4)18(32-23)10-9-16(2)3/h9,17-18,20-21H,8,10-15H2,1-7H3. The quantitative estimate of drug-likeness (QED) is 0.395. The van der Waals surface area contributed by atoms with Crippen LogP contribution >= 0.6 is 0 Å². The second kappa shape index (κ2) is 9.69. The fraction of sp³-hybridized carbons (Fsp3) is 0.833. The van der Waals surface area contributed by atoms with E-state index in [0.717, 1.165) is 12.8 Å². The first kappa shape index (κ1) is 25.0. The monoisotopic (exact) mass is 452 g/mol. The van der Waals surface area contributed by atoms with Crippen LogP contribution < -0.4 is 0 Å². The summed E-state index contributed by atoms with van der Waals surface area (Å²) in [6.45, 7) is 9.71. The van der Waals surface area contributed by atoms with E-state index in [2.05, 4.69) is 26.8 Å². The highest BCUT2D eigenvalue weighted by molar-refractivity contribution is 5.75. The Morgan fingerprint density at radius 2 is 1.84 bits per heavy atom. The van der Waals surface area contributed by atoms with Crippen molar-refractivity contribution in [3.05, 3.63) is 11.6 Å². The predicted octanol–water partition coefficient (Wildman–Crippen LogP) is 3.00. The maximum atomic E-state index is 12.8. The average molecular weight is 453 g/mol. The van der Waals surface area contributed by atoms with E-state index < -0.39 is 6.09 Å². The second-order valence-electron chi connectivity index (χ2n) is 9.89. The summed E-state index contributed by atoms with van der Waals surface area (Å²) in [7, 11) is 5.11. The molecule has 0 aromatic heterocycles. The molecule has 1 spiro atoms. The number of hydrogen-bond donors (Lipinski definition) is 0. The van der Waals surface area contributed by atoms with Crippen LogP contribution in [0.3, 0.4) is 0 Å². The van der Waals surface area contributed by atoms with Gasteiger partial charge in [-0.05, 0) is 40.0 Å². The number of ether oxygens (including phenoxy) is 4. The summed E-state index contributed by atoms with van der Waals surface area (Å²) in [5.74, 6) is 0.0529. The summed E-state index contributed by atoms with van der Waals surface area (Å²) < 4.78 is 24.0. The number of amides is 2. The van der Waals surface area contributed by atoms with Crippen molar-refractivity contribution in [1.29, 1.82) is 0 Å². The lowest BCUT2D eigenvalue weighted by atomic mass is 9.68. The van der Waals surface area contributed by atoms with E-state index in [1.807, 2.05) is 6.92 Å². The lowest BCUT2D eigenvalue weighted by Crippen LogP contribution is -2.56. The zero-order chi connectivity index (χ0) is 23.7. The van der Waals surface area contributed by atoms with Crippen molar-refractivity contribution in [2.75, 3.05) is 40.9 Å². The first-order valence-corrected chi connectivity index (χ1v) is 11.7. The molecule has 0 bridgehead atoms. The van der Waals surface area contributed by atoms with Crippen LogP contribution in [0.4, 0.5) is 4.79 Å². The van der Waals surface area contributed by atoms with Gasteiger partial charge in [-0.2, -0.15) is 0 Å². The van der Waals surface area contributed by atoms with E-state index in [1.165, 1.54) is 10.5 Å². The van der Waals surface area contributed by atoms with E-state index in [-0.39, 0.29) is 41.3 Å². The Labute approximate surface area is 192 Å². The first-order valence-electron chi connectivity index (χ1n) is 11.7. The van der Waals surface area contributed by atoms with Gasteiger partial charge in [0.15, 0.2) is 0 Å². The Kier molecular flexibility index (Phi) is 7.57. The van der Waals surface area contributed by atoms with Crippen LogP contribution in [0, 0.1) is 5.92 Å². The van der Waals surface area contributed by atoms with Gasteiger partial charge in [-0.25, -0.2) is 4.79 Å². The van der Waals surface area contributed by atoms with Crippen LogP contribution in [0.1, 0.15) is 53.4 Å². The lowest BCUT2D eigenvalue weighted by molar-refractivity contribution is -0.130. The van der Waals surface area contributed by atoms with Gasteiger partial charge in [0, 0.05) is 40.7 Å². The zero-order valence-electron chi connectivity index (χ0n) is 20.7. The van der Waals surface area contributed by atoms with Crippen molar-refractivity contribution < 1.29 is 28.5 Å². The number of likely N-dealkylation sites (N-methyl/N-ethyl adjacent to an activating group) is 2. The molecule has 0 radical (unpaired) electrons. The van der Waals surface area contributed by atoms with E-state index in [4.69, 9.17) is 18.9 Å². The molecule has 3 fully saturated rings. The third-order valence-electron chi connectivity index (χ3n) is 7.30. The molecule has 2 saturated heterocycles. The normalized spacial score (nSPS) is 35.2. The number of nitrogens with zero attached hydrogens (tertiary/aromatic N) is 2. The van der Waals surface area contributed by atoms with E-state index in [1.54, 1.807) is 26.1 Å². The van der Waals surface area contributed by atoms with Crippen molar-refractivity contribution in [2.45, 2.75) is 82.9 Å². The molecule has 1 saturated carbocycles. The minimum atomic E-state index is -0.399. The van der Waals surface area contributed by atoms with Crippen molar-refractivity contribution in [3.63, 3.8) is 0 Å². The van der Waals surface area contributed by atoms with Crippen LogP contribution in [0.25, 0.3) is 0 Å². The van der Waals surface area contributed by atoms with Crippen molar-refractivity contribution >= 4 is 12.0 Å². The molecule has 32 heavy (non-hydrogen) atoms. The summed E-state index contributed by atoms with van der Waals surface area (Å²) in [5.41, 5.74) is 0.671. The number of allylic oxidation sites excluding steroid dienone is 1. The molecule has 1 aliphatic carbocycles. The molecule has 8 nitrogen and oxygen atoms in total. The van der Waals surface area contributed by atoms with Gasteiger partial charge in [-0.3, -0.25) is 4.79 Å². The fourth-order valence-electron chi connectivity index (χ4n) is 5.08. The van der Waals surface area contributed by atoms with Crippen molar-refractivity contribution in [3.8, 4) is 0 Å². The molecular weight excluding hydrogens is 412 g/mol. The second-order valence-corrected chi connectivity index (χ2v) is 9.89. The van der Waals surface area contributed by atoms with Crippen molar-refractivity contribution in [2.24, 2.45) is 5.92 Å². The lowest BCUT2D eigenvalue weighted by Gasteiger charge is -2.43. The van der Waals surface area contributed by atoms with Gasteiger partial charge in [0.2, 0.25) is 5.91 Å². The van der Waals surface area contributed by atoms with Gasteiger partial charge >= 0.3 is 6.09 Å². The molecule has 0 aromatic carbocycles. The summed E-state index contributed by atoms with van der Waals surface area (Å²) in [6, 6.07) is 0. The third kappa shape index (κ3) is 5.13. The van der Waals surface area contributed by atoms with Gasteiger partial charge in [0.25, 0.3) is 0 Å². The van der Waals surface area contributed by atoms with Gasteiger partial charge < -0.3 is 28.7 Å². The summed E-state index contributed by atoms with van der Waals surface area (Å²) in [5, 5.41) is 0. The van der Waals surface area contributed by atoms with Gasteiger partial charge in [0.05, 0.1) is 18.6 Å². The maximum Gasteiger partial charge on any atom is 0.409 e. The van der Waals surface area contributed by atoms with E-state index >= 15 is 0 Å². The SMILES string of the molecule is CCC(=O)N(C)CCN(C)C(=O)OC1CCC2(CO2)C(C2(C)OC2CC=C(C)C)C1OC. The Hall–Kier alpha value is -1.64. The average Bonchev–Trinajstić information content (AvgIpc) is 3.67. The van der Waals surface area contributed by atoms with Crippen LogP contribution in [0.15, 0.2) is 11.6 Å². The van der Waals surface area contributed by atoms with Gasteiger partial charge in [0.1, 0.15) is 23.4 Å². The summed E-state index contributed by atoms with van der Waals surface area (Å²) in [6.07, 6.45) is 4.08. The highest BCUT2D eigenvalue weighted by Gasteiger charge is 2.72. The van der Waals surface area contributed by atoms with Gasteiger partial charge in [-0.1, -0.05) is 18.6 Å². The molecule has 0 aromatic rings. The largest absolute Gasteiger partial charge is 0.443 e. The van der Waals surface area contributed by atoms with E-state index in [9.17, 15) is 9.59 Å². The molecule has 3 aliphatic rings. The van der Waals surface area contributed by atoms with Gasteiger partial charge in [-0.15, -0.1) is 0 Å². The molecule has 182 valence electrons. The maximum absolute atomic E-state index is 12.8. The minimum absolute atomic E-state index is 0.000674. The Morgan fingerprint density at radius 3 is 2.41 bits per heavy atom. The molecule has 2 aliphatic heterocycles. The molecule has 0 N–H and O–H groups in total. The molecular formula is C24H40N2O6. The fourth-order valence-corrected chi connectivity index (χ4v) is 5.08. The smallest absolute Gasteiger partial charge is 0.409 e. The summed E-state index contributed by atoms with van der Waals surface area (Å²) >= 11 is 0. The number of carbonyl (C=O) groups is 2. The molecule has 6 atom stereocenters. The summed E-state index contributed by atoms with van der Waals surface area (Å²) in [4.78, 5) is 27.7. The predicted molar refractivity (Wildman–Crippen MR) is 120 cm³/mol. The van der Waals surface area contributed by atoms with E-state index in [0.29, 0.717) is 32.5 Å². The Morgan fingerprint density at radius 1 is 1.19 bits per heavy atom. The zero-order valence-corrected chi connectivity index (χ0v) is 20.7. The topological polar surface area (TPSA) is 84.1 Å². The number of carbonyl (C=O) groups excluding carboxylic acids is 2. The number of rotatable bonds is 9. The first-order chi connectivity index (χ1) is 15.1. The molecule has 3 rings (SSSR count). The highest BCUT2D eigenvalue weighted by Crippen LogP contribution is 2.59. The van der Waals surface area contributed by atoms with Crippen LogP contribution in [0.2, 0.25) is 0 Å². The molecule has 2 heterocycles.